The molecule has 0 radical (unpaired) electrons. The van der Waals surface area contributed by atoms with Gasteiger partial charge in [0.25, 0.3) is 0 Å². The molecule has 4 heteroatoms. The Bertz CT molecular complexity index is 441. The molecule has 0 aliphatic carbocycles. The van der Waals surface area contributed by atoms with Crippen LogP contribution < -0.4 is 11.1 Å². The Kier molecular flexibility index (Phi) is 5.17. The highest BCUT2D eigenvalue weighted by molar-refractivity contribution is 9.10. The summed E-state index contributed by atoms with van der Waals surface area (Å²) in [6.45, 7) is 9.86. The number of nitrogens with two attached hydrogens (primary N) is 1. The molecule has 0 spiro atoms. The molecular weight excluding hydrogens is 308 g/mol. The van der Waals surface area contributed by atoms with Crippen molar-refractivity contribution in [1.82, 2.24) is 0 Å². The third-order valence-corrected chi connectivity index (χ3v) is 4.26. The second-order valence-electron chi connectivity index (χ2n) is 5.55. The van der Waals surface area contributed by atoms with Crippen LogP contribution in [0.3, 0.4) is 0 Å². The first-order valence-corrected chi connectivity index (χ1v) is 7.27. The van der Waals surface area contributed by atoms with E-state index in [1.807, 2.05) is 18.2 Å². The molecule has 3 N–H and O–H groups in total. The Morgan fingerprint density at radius 3 is 2.56 bits per heavy atom. The average molecular weight is 329 g/mol. The zero-order chi connectivity index (χ0) is 13.9. The molecule has 0 amide bonds. The van der Waals surface area contributed by atoms with Crippen LogP contribution in [-0.4, -0.2) is 11.5 Å². The molecular formula is C14H21BrN2S. The molecule has 0 atom stereocenters. The standard InChI is InChI=1S/C14H21BrN2S/c1-9(2)14(3,4)8-17-12-7-10(15)5-6-11(12)13(16)18/h5-7,9,17H,8H2,1-4H3,(H2,16,18). The third kappa shape index (κ3) is 3.95. The maximum absolute atomic E-state index is 5.74. The van der Waals surface area contributed by atoms with Crippen molar-refractivity contribution in [2.45, 2.75) is 27.7 Å². The lowest BCUT2D eigenvalue weighted by molar-refractivity contribution is 0.269. The number of thiocarbonyl (C=S) groups is 1. The van der Waals surface area contributed by atoms with E-state index in [4.69, 9.17) is 18.0 Å². The predicted octanol–water partition coefficient (Wildman–Crippen LogP) is 4.18. The molecule has 0 unspecified atom stereocenters. The van der Waals surface area contributed by atoms with Gasteiger partial charge in [0, 0.05) is 22.3 Å². The van der Waals surface area contributed by atoms with E-state index < -0.39 is 0 Å². The number of benzene rings is 1. The van der Waals surface area contributed by atoms with Crippen LogP contribution in [0.15, 0.2) is 22.7 Å². The van der Waals surface area contributed by atoms with Crippen LogP contribution >= 0.6 is 28.1 Å². The molecule has 0 bridgehead atoms. The van der Waals surface area contributed by atoms with E-state index in [-0.39, 0.29) is 5.41 Å². The Hall–Kier alpha value is -0.610. The lowest BCUT2D eigenvalue weighted by atomic mass is 9.81. The van der Waals surface area contributed by atoms with Crippen molar-refractivity contribution >= 4 is 38.8 Å². The molecule has 0 fully saturated rings. The largest absolute Gasteiger partial charge is 0.389 e. The van der Waals surface area contributed by atoms with Crippen LogP contribution in [0.25, 0.3) is 0 Å². The number of nitrogens with one attached hydrogen (secondary N) is 1. The molecule has 2 nitrogen and oxygen atoms in total. The molecule has 1 rings (SSSR count). The summed E-state index contributed by atoms with van der Waals surface area (Å²) in [6, 6.07) is 5.91. The maximum atomic E-state index is 5.74. The second kappa shape index (κ2) is 6.02. The minimum atomic E-state index is 0.218. The molecule has 1 aromatic rings. The number of anilines is 1. The summed E-state index contributed by atoms with van der Waals surface area (Å²) in [7, 11) is 0. The van der Waals surface area contributed by atoms with E-state index in [0.29, 0.717) is 10.9 Å². The first-order valence-electron chi connectivity index (χ1n) is 6.07. The minimum Gasteiger partial charge on any atom is -0.389 e. The number of hydrogen-bond donors (Lipinski definition) is 2. The smallest absolute Gasteiger partial charge is 0.106 e. The van der Waals surface area contributed by atoms with Crippen molar-refractivity contribution in [1.29, 1.82) is 0 Å². The Morgan fingerprint density at radius 2 is 2.06 bits per heavy atom. The van der Waals surface area contributed by atoms with E-state index in [9.17, 15) is 0 Å². The predicted molar refractivity (Wildman–Crippen MR) is 87.1 cm³/mol. The molecule has 100 valence electrons. The van der Waals surface area contributed by atoms with Crippen LogP contribution in [0.2, 0.25) is 0 Å². The van der Waals surface area contributed by atoms with Crippen LogP contribution in [0.4, 0.5) is 5.69 Å². The molecule has 0 saturated heterocycles. The second-order valence-corrected chi connectivity index (χ2v) is 6.91. The first-order chi connectivity index (χ1) is 8.24. The number of halogens is 1. The topological polar surface area (TPSA) is 38.0 Å². The van der Waals surface area contributed by atoms with Gasteiger partial charge in [-0.05, 0) is 29.5 Å². The van der Waals surface area contributed by atoms with Gasteiger partial charge in [0.05, 0.1) is 0 Å². The van der Waals surface area contributed by atoms with Crippen LogP contribution in [0.5, 0.6) is 0 Å². The monoisotopic (exact) mass is 328 g/mol. The van der Waals surface area contributed by atoms with Gasteiger partial charge in [-0.2, -0.15) is 0 Å². The number of hydrogen-bond acceptors (Lipinski definition) is 2. The molecule has 0 saturated carbocycles. The first kappa shape index (κ1) is 15.4. The molecule has 1 aromatic carbocycles. The fourth-order valence-electron chi connectivity index (χ4n) is 1.40. The van der Waals surface area contributed by atoms with Gasteiger partial charge < -0.3 is 11.1 Å². The van der Waals surface area contributed by atoms with Gasteiger partial charge in [-0.25, -0.2) is 0 Å². The molecule has 18 heavy (non-hydrogen) atoms. The molecule has 0 aliphatic rings. The highest BCUT2D eigenvalue weighted by Gasteiger charge is 2.22. The van der Waals surface area contributed by atoms with Gasteiger partial charge >= 0.3 is 0 Å². The molecule has 0 aromatic heterocycles. The Morgan fingerprint density at radius 1 is 1.44 bits per heavy atom. The average Bonchev–Trinajstić information content (AvgIpc) is 2.26. The summed E-state index contributed by atoms with van der Waals surface area (Å²) in [5.41, 5.74) is 7.85. The summed E-state index contributed by atoms with van der Waals surface area (Å²) in [5.74, 6) is 0.602. The van der Waals surface area contributed by atoms with Gasteiger partial charge in [-0.3, -0.25) is 0 Å². The Balaban J connectivity index is 2.90. The van der Waals surface area contributed by atoms with Crippen molar-refractivity contribution < 1.29 is 0 Å². The molecule has 0 heterocycles. The van der Waals surface area contributed by atoms with Crippen molar-refractivity contribution in [2.75, 3.05) is 11.9 Å². The quantitative estimate of drug-likeness (QED) is 0.796. The van der Waals surface area contributed by atoms with E-state index in [0.717, 1.165) is 22.3 Å². The van der Waals surface area contributed by atoms with Crippen molar-refractivity contribution in [3.05, 3.63) is 28.2 Å². The van der Waals surface area contributed by atoms with Crippen LogP contribution in [-0.2, 0) is 0 Å². The number of rotatable bonds is 5. The summed E-state index contributed by atoms with van der Waals surface area (Å²) in [6.07, 6.45) is 0. The van der Waals surface area contributed by atoms with E-state index >= 15 is 0 Å². The van der Waals surface area contributed by atoms with Crippen molar-refractivity contribution in [3.8, 4) is 0 Å². The third-order valence-electron chi connectivity index (χ3n) is 3.54. The zero-order valence-electron chi connectivity index (χ0n) is 11.4. The highest BCUT2D eigenvalue weighted by atomic mass is 79.9. The van der Waals surface area contributed by atoms with Gasteiger partial charge in [0.1, 0.15) is 4.99 Å². The van der Waals surface area contributed by atoms with Gasteiger partial charge in [-0.1, -0.05) is 55.8 Å². The van der Waals surface area contributed by atoms with Crippen molar-refractivity contribution in [3.63, 3.8) is 0 Å². The van der Waals surface area contributed by atoms with E-state index in [1.165, 1.54) is 0 Å². The summed E-state index contributed by atoms with van der Waals surface area (Å²) >= 11 is 8.55. The SMILES string of the molecule is CC(C)C(C)(C)CNc1cc(Br)ccc1C(N)=S. The van der Waals surface area contributed by atoms with Crippen molar-refractivity contribution in [2.24, 2.45) is 17.1 Å². The highest BCUT2D eigenvalue weighted by Crippen LogP contribution is 2.28. The summed E-state index contributed by atoms with van der Waals surface area (Å²) in [4.78, 5) is 0.423. The van der Waals surface area contributed by atoms with Crippen LogP contribution in [0.1, 0.15) is 33.3 Å². The molecule has 0 aliphatic heterocycles. The van der Waals surface area contributed by atoms with E-state index in [1.54, 1.807) is 0 Å². The fraction of sp³-hybridized carbons (Fsp3) is 0.500. The van der Waals surface area contributed by atoms with E-state index in [2.05, 4.69) is 48.9 Å². The van der Waals surface area contributed by atoms with Gasteiger partial charge in [0.15, 0.2) is 0 Å². The fourth-order valence-corrected chi connectivity index (χ4v) is 1.94. The lowest BCUT2D eigenvalue weighted by Crippen LogP contribution is -2.29. The summed E-state index contributed by atoms with van der Waals surface area (Å²) < 4.78 is 1.02. The normalized spacial score (nSPS) is 11.7. The Labute approximate surface area is 123 Å². The van der Waals surface area contributed by atoms with Crippen LogP contribution in [0, 0.1) is 11.3 Å². The van der Waals surface area contributed by atoms with Gasteiger partial charge in [-0.15, -0.1) is 0 Å². The van der Waals surface area contributed by atoms with Gasteiger partial charge in [0.2, 0.25) is 0 Å². The lowest BCUT2D eigenvalue weighted by Gasteiger charge is -2.30. The minimum absolute atomic E-state index is 0.218. The maximum Gasteiger partial charge on any atom is 0.106 e. The zero-order valence-corrected chi connectivity index (χ0v) is 13.8. The summed E-state index contributed by atoms with van der Waals surface area (Å²) in [5, 5.41) is 3.46.